The van der Waals surface area contributed by atoms with Gasteiger partial charge in [-0.2, -0.15) is 0 Å². The number of ketones is 1. The number of hydrogen-bond donors (Lipinski definition) is 0. The maximum atomic E-state index is 12.9. The molecule has 0 bridgehead atoms. The minimum absolute atomic E-state index is 0.0698. The Hall–Kier alpha value is -3.37. The molecule has 156 valence electrons. The molecule has 4 nitrogen and oxygen atoms in total. The number of Topliss-reactive ketones (excluding diaryl/α,β-unsaturated/α-hetero) is 1. The minimum Gasteiger partial charge on any atom is -0.478 e. The molecule has 0 aromatic heterocycles. The summed E-state index contributed by atoms with van der Waals surface area (Å²) in [5.74, 6) is 1.75. The number of benzene rings is 3. The third-order valence-electron chi connectivity index (χ3n) is 5.84. The first-order valence-corrected chi connectivity index (χ1v) is 10.7. The van der Waals surface area contributed by atoms with Crippen LogP contribution in [0, 0.1) is 6.92 Å². The van der Waals surface area contributed by atoms with E-state index in [1.165, 1.54) is 11.1 Å². The van der Waals surface area contributed by atoms with Gasteiger partial charge >= 0.3 is 0 Å². The first-order chi connectivity index (χ1) is 15.2. The number of rotatable bonds is 5. The van der Waals surface area contributed by atoms with Crippen LogP contribution in [0.4, 0.5) is 0 Å². The summed E-state index contributed by atoms with van der Waals surface area (Å²) in [5, 5.41) is 0. The fraction of sp³-hybridized carbons (Fsp3) is 0.222. The first-order valence-electron chi connectivity index (χ1n) is 10.7. The number of allylic oxidation sites excluding steroid dienone is 1. The van der Waals surface area contributed by atoms with E-state index in [2.05, 4.69) is 29.2 Å². The highest BCUT2D eigenvalue weighted by Crippen LogP contribution is 2.42. The maximum absolute atomic E-state index is 12.9. The zero-order valence-corrected chi connectivity index (χ0v) is 17.6. The zero-order valence-electron chi connectivity index (χ0n) is 17.6. The third-order valence-corrected chi connectivity index (χ3v) is 5.84. The van der Waals surface area contributed by atoms with E-state index in [1.54, 1.807) is 0 Å². The maximum Gasteiger partial charge on any atom is 0.231 e. The molecule has 0 spiro atoms. The van der Waals surface area contributed by atoms with E-state index in [9.17, 15) is 4.79 Å². The van der Waals surface area contributed by atoms with Crippen LogP contribution >= 0.6 is 0 Å². The van der Waals surface area contributed by atoms with E-state index >= 15 is 0 Å². The first kappa shape index (κ1) is 19.6. The van der Waals surface area contributed by atoms with Crippen molar-refractivity contribution in [3.05, 3.63) is 100 Å². The molecule has 4 heteroatoms. The molecular weight excluding hydrogens is 386 g/mol. The second-order valence-corrected chi connectivity index (χ2v) is 8.18. The molecule has 0 aliphatic carbocycles. The van der Waals surface area contributed by atoms with Crippen molar-refractivity contribution in [2.24, 2.45) is 0 Å². The van der Waals surface area contributed by atoms with Gasteiger partial charge in [0.1, 0.15) is 18.2 Å². The zero-order chi connectivity index (χ0) is 21.2. The Kier molecular flexibility index (Phi) is 5.31. The van der Waals surface area contributed by atoms with Crippen LogP contribution in [0.1, 0.15) is 39.0 Å². The number of aryl methyl sites for hydroxylation is 2. The summed E-state index contributed by atoms with van der Waals surface area (Å²) in [7, 11) is 0. The monoisotopic (exact) mass is 411 g/mol. The Bertz CT molecular complexity index is 1130. The number of hydrogen-bond acceptors (Lipinski definition) is 4. The van der Waals surface area contributed by atoms with Gasteiger partial charge < -0.3 is 9.47 Å². The highest BCUT2D eigenvalue weighted by atomic mass is 16.5. The highest BCUT2D eigenvalue weighted by molar-refractivity contribution is 6.15. The van der Waals surface area contributed by atoms with E-state index in [0.29, 0.717) is 23.8 Å². The van der Waals surface area contributed by atoms with Crippen LogP contribution in [0.3, 0.4) is 0 Å². The van der Waals surface area contributed by atoms with Crippen LogP contribution in [-0.4, -0.2) is 24.0 Å². The lowest BCUT2D eigenvalue weighted by atomic mass is 10.0. The molecule has 2 aliphatic rings. The summed E-state index contributed by atoms with van der Waals surface area (Å²) in [6.45, 7) is 4.25. The molecule has 0 N–H and O–H groups in total. The molecule has 31 heavy (non-hydrogen) atoms. The molecular formula is C27H25NO3. The largest absolute Gasteiger partial charge is 0.478 e. The Morgan fingerprint density at radius 1 is 1.00 bits per heavy atom. The van der Waals surface area contributed by atoms with Crippen molar-refractivity contribution in [3.8, 4) is 11.5 Å². The average Bonchev–Trinajstić information content (AvgIpc) is 3.12. The molecule has 0 saturated heterocycles. The van der Waals surface area contributed by atoms with Crippen molar-refractivity contribution in [1.82, 2.24) is 4.90 Å². The second kappa shape index (κ2) is 8.40. The normalized spacial score (nSPS) is 16.5. The summed E-state index contributed by atoms with van der Waals surface area (Å²) in [6.07, 6.45) is 3.90. The van der Waals surface area contributed by atoms with Gasteiger partial charge in [-0.3, -0.25) is 9.69 Å². The fourth-order valence-corrected chi connectivity index (χ4v) is 4.11. The fourth-order valence-electron chi connectivity index (χ4n) is 4.11. The van der Waals surface area contributed by atoms with E-state index in [0.717, 1.165) is 42.8 Å². The minimum atomic E-state index is -0.0698. The van der Waals surface area contributed by atoms with Gasteiger partial charge in [0, 0.05) is 13.1 Å². The second-order valence-electron chi connectivity index (χ2n) is 8.18. The van der Waals surface area contributed by atoms with Crippen LogP contribution in [0.5, 0.6) is 11.5 Å². The van der Waals surface area contributed by atoms with E-state index in [1.807, 2.05) is 55.5 Å². The topological polar surface area (TPSA) is 38.8 Å². The summed E-state index contributed by atoms with van der Waals surface area (Å²) in [6, 6.07) is 22.3. The number of carbonyl (C=O) groups excluding carboxylic acids is 1. The lowest BCUT2D eigenvalue weighted by Crippen LogP contribution is -2.33. The molecule has 0 amide bonds. The van der Waals surface area contributed by atoms with Crippen LogP contribution < -0.4 is 9.47 Å². The SMILES string of the molecule is Cc1ccc(/C=C2\Oc3c(ccc4c3CN(CCCc3ccccc3)CO4)C2=O)cc1. The molecule has 3 aromatic rings. The van der Waals surface area contributed by atoms with Crippen molar-refractivity contribution in [1.29, 1.82) is 0 Å². The lowest BCUT2D eigenvalue weighted by Gasteiger charge is -2.29. The van der Waals surface area contributed by atoms with Gasteiger partial charge in [0.05, 0.1) is 11.1 Å². The standard InChI is InChI=1S/C27H25NO3/c1-19-9-11-21(12-10-19)16-25-26(29)22-13-14-24-23(27(22)31-25)17-28(18-30-24)15-5-8-20-6-3-2-4-7-20/h2-4,6-7,9-14,16H,5,8,15,17-18H2,1H3/b25-16-. The Morgan fingerprint density at radius 3 is 2.61 bits per heavy atom. The molecule has 3 aromatic carbocycles. The molecule has 0 saturated carbocycles. The van der Waals surface area contributed by atoms with Gasteiger partial charge in [0.2, 0.25) is 5.78 Å². The van der Waals surface area contributed by atoms with Crippen molar-refractivity contribution in [3.63, 3.8) is 0 Å². The van der Waals surface area contributed by atoms with E-state index in [4.69, 9.17) is 9.47 Å². The van der Waals surface area contributed by atoms with Crippen LogP contribution in [-0.2, 0) is 13.0 Å². The third kappa shape index (κ3) is 4.12. The molecule has 2 heterocycles. The van der Waals surface area contributed by atoms with Gasteiger partial charge in [-0.1, -0.05) is 60.2 Å². The van der Waals surface area contributed by atoms with Gasteiger partial charge in [0.15, 0.2) is 5.76 Å². The van der Waals surface area contributed by atoms with Crippen molar-refractivity contribution in [2.45, 2.75) is 26.3 Å². The summed E-state index contributed by atoms with van der Waals surface area (Å²) < 4.78 is 12.1. The van der Waals surface area contributed by atoms with Gasteiger partial charge in [-0.25, -0.2) is 0 Å². The summed E-state index contributed by atoms with van der Waals surface area (Å²) in [5.41, 5.74) is 5.06. The Labute approximate surface area is 182 Å². The molecule has 2 aliphatic heterocycles. The predicted octanol–water partition coefficient (Wildman–Crippen LogP) is 5.40. The van der Waals surface area contributed by atoms with Crippen molar-refractivity contribution in [2.75, 3.05) is 13.3 Å². The van der Waals surface area contributed by atoms with E-state index < -0.39 is 0 Å². The smallest absolute Gasteiger partial charge is 0.231 e. The lowest BCUT2D eigenvalue weighted by molar-refractivity contribution is 0.0928. The predicted molar refractivity (Wildman–Crippen MR) is 121 cm³/mol. The number of ether oxygens (including phenoxy) is 2. The van der Waals surface area contributed by atoms with E-state index in [-0.39, 0.29) is 5.78 Å². The van der Waals surface area contributed by atoms with Gasteiger partial charge in [-0.05, 0) is 49.1 Å². The summed E-state index contributed by atoms with van der Waals surface area (Å²) >= 11 is 0. The average molecular weight is 412 g/mol. The number of fused-ring (bicyclic) bond motifs is 3. The highest BCUT2D eigenvalue weighted by Gasteiger charge is 2.33. The Balaban J connectivity index is 1.31. The Morgan fingerprint density at radius 2 is 1.81 bits per heavy atom. The molecule has 0 atom stereocenters. The molecule has 0 radical (unpaired) electrons. The molecule has 0 unspecified atom stereocenters. The summed E-state index contributed by atoms with van der Waals surface area (Å²) in [4.78, 5) is 15.2. The molecule has 5 rings (SSSR count). The van der Waals surface area contributed by atoms with Gasteiger partial charge in [-0.15, -0.1) is 0 Å². The van der Waals surface area contributed by atoms with Crippen LogP contribution in [0.2, 0.25) is 0 Å². The number of nitrogens with zero attached hydrogens (tertiary/aromatic N) is 1. The molecule has 0 fully saturated rings. The number of carbonyl (C=O) groups is 1. The van der Waals surface area contributed by atoms with Crippen molar-refractivity contribution >= 4 is 11.9 Å². The van der Waals surface area contributed by atoms with Crippen LogP contribution in [0.15, 0.2) is 72.5 Å². The van der Waals surface area contributed by atoms with Crippen molar-refractivity contribution < 1.29 is 14.3 Å². The quantitative estimate of drug-likeness (QED) is 0.527. The van der Waals surface area contributed by atoms with Crippen LogP contribution in [0.25, 0.3) is 6.08 Å². The van der Waals surface area contributed by atoms with Gasteiger partial charge in [0.25, 0.3) is 0 Å².